The van der Waals surface area contributed by atoms with Gasteiger partial charge in [-0.3, -0.25) is 4.79 Å². The molecule has 0 unspecified atom stereocenters. The summed E-state index contributed by atoms with van der Waals surface area (Å²) in [5.41, 5.74) is 4.20. The minimum absolute atomic E-state index is 0.0309. The third-order valence-corrected chi connectivity index (χ3v) is 13.8. The predicted molar refractivity (Wildman–Crippen MR) is 188 cm³/mol. The fourth-order valence-electron chi connectivity index (χ4n) is 11.7. The van der Waals surface area contributed by atoms with Gasteiger partial charge in [0, 0.05) is 42.8 Å². The molecule has 0 aliphatic heterocycles. The van der Waals surface area contributed by atoms with Crippen LogP contribution in [0.2, 0.25) is 0 Å². The van der Waals surface area contributed by atoms with Gasteiger partial charge >= 0.3 is 0 Å². The predicted octanol–water partition coefficient (Wildman–Crippen LogP) is 5.85. The second kappa shape index (κ2) is 11.2. The number of ether oxygens (including phenoxy) is 1. The molecule has 0 radical (unpaired) electrons. The Morgan fingerprint density at radius 1 is 1.02 bits per heavy atom. The standard InChI is InChI=1S/C42H49NO5/c1-25-37-32(24-44)22-41(42(37,47)48-4)36(46)13-9-26-6-5-7-33(17-26)40(15-14-28(21-40)23-43-3)38-34-19-31-16-27(20-39(25,41)2)8-10-29(31)18-30(34)11-12-35(38)45/h5-8,10-12,16-19,28,32,35,37-38,43-45,47H,1,9,13-15,20-24H2,2-4H3/t28-,32+,35-,37-,38-,39+,40+,41+,42-/m0/s1. The van der Waals surface area contributed by atoms with Crippen LogP contribution >= 0.6 is 0 Å². The molecule has 252 valence electrons. The lowest BCUT2D eigenvalue weighted by molar-refractivity contribution is -0.254. The van der Waals surface area contributed by atoms with Crippen LogP contribution in [-0.4, -0.2) is 60.3 Å². The van der Waals surface area contributed by atoms with E-state index in [0.717, 1.165) is 58.8 Å². The van der Waals surface area contributed by atoms with Crippen molar-refractivity contribution >= 4 is 22.6 Å². The summed E-state index contributed by atoms with van der Waals surface area (Å²) in [6.07, 6.45) is 8.13. The molecule has 0 heterocycles. The average Bonchev–Trinajstić information content (AvgIpc) is 3.67. The molecular weight excluding hydrogens is 598 g/mol. The van der Waals surface area contributed by atoms with E-state index >= 15 is 0 Å². The van der Waals surface area contributed by atoms with Crippen molar-refractivity contribution in [3.05, 3.63) is 101 Å². The van der Waals surface area contributed by atoms with Crippen molar-refractivity contribution in [2.75, 3.05) is 27.3 Å². The maximum Gasteiger partial charge on any atom is 0.185 e. The number of ketones is 1. The van der Waals surface area contributed by atoms with Crippen LogP contribution in [0.5, 0.6) is 0 Å². The molecule has 0 amide bonds. The van der Waals surface area contributed by atoms with Crippen molar-refractivity contribution in [3.63, 3.8) is 0 Å². The lowest BCUT2D eigenvalue weighted by Gasteiger charge is -2.48. The summed E-state index contributed by atoms with van der Waals surface area (Å²) in [5.74, 6) is -2.24. The van der Waals surface area contributed by atoms with Gasteiger partial charge in [-0.15, -0.1) is 0 Å². The third kappa shape index (κ3) is 4.13. The van der Waals surface area contributed by atoms with Crippen molar-refractivity contribution in [1.82, 2.24) is 5.32 Å². The topological polar surface area (TPSA) is 99.0 Å². The number of Topliss-reactive ketones (excluding diaryl/α,β-unsaturated/α-hetero) is 1. The Bertz CT molecular complexity index is 1850. The van der Waals surface area contributed by atoms with Crippen molar-refractivity contribution in [3.8, 4) is 0 Å². The molecule has 3 aromatic rings. The number of hydrogen-bond donors (Lipinski definition) is 4. The van der Waals surface area contributed by atoms with E-state index in [0.29, 0.717) is 25.2 Å². The fourth-order valence-corrected chi connectivity index (χ4v) is 11.7. The van der Waals surface area contributed by atoms with E-state index in [-0.39, 0.29) is 36.1 Å². The zero-order valence-corrected chi connectivity index (χ0v) is 28.5. The Hall–Kier alpha value is -3.13. The monoisotopic (exact) mass is 647 g/mol. The number of hydrogen-bond acceptors (Lipinski definition) is 6. The van der Waals surface area contributed by atoms with Gasteiger partial charge in [0.15, 0.2) is 5.79 Å². The SMILES string of the molecule is C=C1[C@H]2[C@@H](CO)C[C@]3(C(=O)CCc4cccc(c4)[C@]4(CC[C@H](CNC)C4)[C@H]4c5cc6cc(ccc6cc5C=C[C@@H]4O)C[C@]13C)[C@@]2(O)OC. The summed E-state index contributed by atoms with van der Waals surface area (Å²) in [6.45, 7) is 7.41. The summed E-state index contributed by atoms with van der Waals surface area (Å²) in [5, 5.41) is 40.4. The van der Waals surface area contributed by atoms with Gasteiger partial charge in [-0.25, -0.2) is 0 Å². The summed E-state index contributed by atoms with van der Waals surface area (Å²) in [4.78, 5) is 14.9. The average molecular weight is 648 g/mol. The highest BCUT2D eigenvalue weighted by Crippen LogP contribution is 2.74. The molecular formula is C42H49NO5. The molecule has 3 aromatic carbocycles. The molecule has 8 rings (SSSR count). The molecule has 9 atom stereocenters. The number of nitrogens with one attached hydrogen (secondary N) is 1. The van der Waals surface area contributed by atoms with Crippen LogP contribution in [0.25, 0.3) is 16.8 Å². The van der Waals surface area contributed by atoms with Crippen LogP contribution in [0.3, 0.4) is 0 Å². The molecule has 2 spiro atoms. The first-order valence-electron chi connectivity index (χ1n) is 17.8. The molecule has 5 aliphatic rings. The highest BCUT2D eigenvalue weighted by molar-refractivity contribution is 5.90. The maximum absolute atomic E-state index is 14.9. The number of aliphatic hydroxyl groups is 3. The Morgan fingerprint density at radius 3 is 2.62 bits per heavy atom. The van der Waals surface area contributed by atoms with Gasteiger partial charge in [0.05, 0.1) is 11.5 Å². The van der Waals surface area contributed by atoms with E-state index in [2.05, 4.69) is 79.5 Å². The van der Waals surface area contributed by atoms with Crippen LogP contribution < -0.4 is 5.32 Å². The number of aliphatic hydroxyl groups excluding tert-OH is 2. The minimum atomic E-state index is -1.75. The Morgan fingerprint density at radius 2 is 1.85 bits per heavy atom. The van der Waals surface area contributed by atoms with Crippen LogP contribution in [0, 0.1) is 28.6 Å². The number of carbonyl (C=O) groups is 1. The van der Waals surface area contributed by atoms with Crippen LogP contribution in [0.4, 0.5) is 0 Å². The molecule has 3 fully saturated rings. The lowest BCUT2D eigenvalue weighted by atomic mass is 9.55. The number of fused-ring (bicyclic) bond motifs is 6. The van der Waals surface area contributed by atoms with Gasteiger partial charge in [-0.1, -0.05) is 79.8 Å². The third-order valence-electron chi connectivity index (χ3n) is 13.8. The van der Waals surface area contributed by atoms with Crippen molar-refractivity contribution in [2.24, 2.45) is 28.6 Å². The van der Waals surface area contributed by atoms with E-state index in [9.17, 15) is 20.1 Å². The van der Waals surface area contributed by atoms with Gasteiger partial charge in [-0.05, 0) is 109 Å². The van der Waals surface area contributed by atoms with E-state index in [1.807, 2.05) is 13.1 Å². The normalized spacial score (nSPS) is 38.5. The summed E-state index contributed by atoms with van der Waals surface area (Å²) >= 11 is 0. The second-order valence-corrected chi connectivity index (χ2v) is 15.9. The first-order valence-corrected chi connectivity index (χ1v) is 17.8. The van der Waals surface area contributed by atoms with E-state index in [1.165, 1.54) is 18.2 Å². The highest BCUT2D eigenvalue weighted by Gasteiger charge is 2.80. The highest BCUT2D eigenvalue weighted by atomic mass is 16.6. The zero-order valence-electron chi connectivity index (χ0n) is 28.5. The van der Waals surface area contributed by atoms with Crippen molar-refractivity contribution < 1.29 is 24.9 Å². The van der Waals surface area contributed by atoms with Crippen LogP contribution in [-0.2, 0) is 27.8 Å². The minimum Gasteiger partial charge on any atom is -0.396 e. The molecule has 7 bridgehead atoms. The zero-order chi connectivity index (χ0) is 33.6. The number of methoxy groups -OCH3 is 1. The van der Waals surface area contributed by atoms with Crippen LogP contribution in [0.15, 0.2) is 72.8 Å². The first-order chi connectivity index (χ1) is 23.0. The van der Waals surface area contributed by atoms with Crippen molar-refractivity contribution in [2.45, 2.75) is 75.1 Å². The molecule has 3 saturated carbocycles. The summed E-state index contributed by atoms with van der Waals surface area (Å²) in [7, 11) is 3.51. The largest absolute Gasteiger partial charge is 0.396 e. The first kappa shape index (κ1) is 32.1. The van der Waals surface area contributed by atoms with Crippen LogP contribution in [0.1, 0.15) is 72.8 Å². The second-order valence-electron chi connectivity index (χ2n) is 15.9. The van der Waals surface area contributed by atoms with Gasteiger partial charge in [0.2, 0.25) is 0 Å². The lowest BCUT2D eigenvalue weighted by Crippen LogP contribution is -2.56. The number of carbonyl (C=O) groups excluding carboxylic acids is 1. The van der Waals surface area contributed by atoms with Gasteiger partial charge in [-0.2, -0.15) is 0 Å². The molecule has 0 aromatic heterocycles. The number of benzene rings is 3. The molecule has 6 nitrogen and oxygen atoms in total. The van der Waals surface area contributed by atoms with E-state index < -0.39 is 28.6 Å². The number of rotatable bonds is 4. The smallest absolute Gasteiger partial charge is 0.185 e. The van der Waals surface area contributed by atoms with Crippen molar-refractivity contribution in [1.29, 1.82) is 0 Å². The Balaban J connectivity index is 1.36. The van der Waals surface area contributed by atoms with Gasteiger partial charge in [0.1, 0.15) is 5.78 Å². The maximum atomic E-state index is 14.9. The Kier molecular flexibility index (Phi) is 7.48. The van der Waals surface area contributed by atoms with Gasteiger partial charge < -0.3 is 25.4 Å². The van der Waals surface area contributed by atoms with E-state index in [1.54, 1.807) is 0 Å². The van der Waals surface area contributed by atoms with E-state index in [4.69, 9.17) is 4.74 Å². The summed E-state index contributed by atoms with van der Waals surface area (Å²) in [6, 6.07) is 19.8. The number of aryl methyl sites for hydroxylation is 1. The summed E-state index contributed by atoms with van der Waals surface area (Å²) < 4.78 is 5.99. The molecule has 48 heavy (non-hydrogen) atoms. The molecule has 5 aliphatic carbocycles. The fraction of sp³-hybridized carbons (Fsp3) is 0.500. The van der Waals surface area contributed by atoms with Gasteiger partial charge in [0.25, 0.3) is 0 Å². The molecule has 4 N–H and O–H groups in total. The quantitative estimate of drug-likeness (QED) is 0.210. The molecule has 0 saturated heterocycles. The molecule has 6 heteroatoms. The Labute approximate surface area is 283 Å².